The zero-order chi connectivity index (χ0) is 34.9. The lowest BCUT2D eigenvalue weighted by Gasteiger charge is -2.34. The minimum atomic E-state index is -0.436. The van der Waals surface area contributed by atoms with Gasteiger partial charge in [0, 0.05) is 22.0 Å². The summed E-state index contributed by atoms with van der Waals surface area (Å²) in [5.41, 5.74) is 15.8. The lowest BCUT2D eigenvalue weighted by Crippen LogP contribution is -2.28. The molecule has 1 aliphatic rings. The van der Waals surface area contributed by atoms with Crippen LogP contribution in [0, 0.1) is 0 Å². The fraction of sp³-hybridized carbons (Fsp3) is 0.0200. The molecular weight excluding hydrogens is 645 g/mol. The maximum Gasteiger partial charge on any atom is 0.227 e. The molecule has 11 rings (SSSR count). The summed E-state index contributed by atoms with van der Waals surface area (Å²) in [4.78, 5) is 4.72. The molecule has 0 N–H and O–H groups in total. The smallest absolute Gasteiger partial charge is 0.227 e. The Morgan fingerprint density at radius 3 is 1.83 bits per heavy atom. The van der Waals surface area contributed by atoms with Gasteiger partial charge in [-0.05, 0) is 105 Å². The van der Waals surface area contributed by atoms with Crippen molar-refractivity contribution in [2.24, 2.45) is 0 Å². The van der Waals surface area contributed by atoms with E-state index in [0.29, 0.717) is 5.89 Å². The van der Waals surface area contributed by atoms with Crippen LogP contribution in [0.1, 0.15) is 22.3 Å². The fourth-order valence-electron chi connectivity index (χ4n) is 8.80. The summed E-state index contributed by atoms with van der Waals surface area (Å²) < 4.78 is 8.43. The van der Waals surface area contributed by atoms with E-state index in [-0.39, 0.29) is 0 Å². The molecule has 0 amide bonds. The second kappa shape index (κ2) is 11.5. The lowest BCUT2D eigenvalue weighted by atomic mass is 9.67. The van der Waals surface area contributed by atoms with Crippen LogP contribution >= 0.6 is 0 Å². The summed E-state index contributed by atoms with van der Waals surface area (Å²) in [6.45, 7) is 0. The molecule has 53 heavy (non-hydrogen) atoms. The quantitative estimate of drug-likeness (QED) is 0.182. The van der Waals surface area contributed by atoms with Crippen LogP contribution in [0.3, 0.4) is 0 Å². The number of oxazole rings is 1. The SMILES string of the molecule is c1ccc(C2(c3ccccc3)c3ccccc3-c3ccc(-c4ccc5c(c4)c4ccccc4n5-c4ccc(-c5nc6ccccc6o5)cc4)cc32)cc1. The van der Waals surface area contributed by atoms with Crippen molar-refractivity contribution in [1.29, 1.82) is 0 Å². The fourth-order valence-corrected chi connectivity index (χ4v) is 8.80. The lowest BCUT2D eigenvalue weighted by molar-refractivity contribution is 0.620. The van der Waals surface area contributed by atoms with Gasteiger partial charge in [0.15, 0.2) is 5.58 Å². The van der Waals surface area contributed by atoms with Crippen LogP contribution in [0.5, 0.6) is 0 Å². The highest BCUT2D eigenvalue weighted by atomic mass is 16.3. The highest BCUT2D eigenvalue weighted by molar-refractivity contribution is 6.10. The van der Waals surface area contributed by atoms with Gasteiger partial charge in [-0.15, -0.1) is 0 Å². The molecule has 2 aromatic heterocycles. The molecule has 3 heteroatoms. The van der Waals surface area contributed by atoms with Gasteiger partial charge in [0.2, 0.25) is 5.89 Å². The van der Waals surface area contributed by atoms with Crippen LogP contribution in [0.15, 0.2) is 199 Å². The number of aromatic nitrogens is 2. The van der Waals surface area contributed by atoms with E-state index in [1.807, 2.05) is 24.3 Å². The van der Waals surface area contributed by atoms with E-state index in [0.717, 1.165) is 22.4 Å². The molecule has 248 valence electrons. The normalized spacial score (nSPS) is 13.1. The van der Waals surface area contributed by atoms with Gasteiger partial charge in [0.05, 0.1) is 16.4 Å². The molecule has 0 bridgehead atoms. The van der Waals surface area contributed by atoms with Crippen molar-refractivity contribution in [2.75, 3.05) is 0 Å². The van der Waals surface area contributed by atoms with Gasteiger partial charge in [-0.1, -0.05) is 133 Å². The van der Waals surface area contributed by atoms with Crippen molar-refractivity contribution < 1.29 is 4.42 Å². The van der Waals surface area contributed by atoms with E-state index < -0.39 is 5.41 Å². The van der Waals surface area contributed by atoms with Gasteiger partial charge in [0.1, 0.15) is 5.52 Å². The summed E-state index contributed by atoms with van der Waals surface area (Å²) in [5, 5.41) is 2.45. The first-order chi connectivity index (χ1) is 26.3. The topological polar surface area (TPSA) is 31.0 Å². The zero-order valence-electron chi connectivity index (χ0n) is 28.8. The van der Waals surface area contributed by atoms with Gasteiger partial charge in [0.25, 0.3) is 0 Å². The number of para-hydroxylation sites is 3. The van der Waals surface area contributed by atoms with Crippen molar-refractivity contribution in [2.45, 2.75) is 5.41 Å². The Morgan fingerprint density at radius 2 is 1.04 bits per heavy atom. The van der Waals surface area contributed by atoms with Crippen molar-refractivity contribution >= 4 is 32.9 Å². The average Bonchev–Trinajstić information content (AvgIpc) is 3.90. The van der Waals surface area contributed by atoms with Crippen LogP contribution < -0.4 is 0 Å². The van der Waals surface area contributed by atoms with E-state index in [1.54, 1.807) is 0 Å². The molecule has 0 atom stereocenters. The third-order valence-electron chi connectivity index (χ3n) is 11.1. The zero-order valence-corrected chi connectivity index (χ0v) is 28.8. The minimum Gasteiger partial charge on any atom is -0.436 e. The van der Waals surface area contributed by atoms with Crippen LogP contribution in [0.4, 0.5) is 0 Å². The Bertz CT molecular complexity index is 2920. The molecule has 2 heterocycles. The maximum atomic E-state index is 6.07. The predicted octanol–water partition coefficient (Wildman–Crippen LogP) is 12.6. The summed E-state index contributed by atoms with van der Waals surface area (Å²) >= 11 is 0. The number of hydrogen-bond acceptors (Lipinski definition) is 2. The van der Waals surface area contributed by atoms with Crippen LogP contribution in [0.25, 0.3) is 72.3 Å². The Kier molecular flexibility index (Phi) is 6.47. The molecule has 0 spiro atoms. The van der Waals surface area contributed by atoms with Gasteiger partial charge in [-0.25, -0.2) is 4.98 Å². The van der Waals surface area contributed by atoms with Gasteiger partial charge in [-0.2, -0.15) is 0 Å². The van der Waals surface area contributed by atoms with E-state index in [4.69, 9.17) is 9.40 Å². The molecule has 8 aromatic carbocycles. The predicted molar refractivity (Wildman–Crippen MR) is 217 cm³/mol. The Morgan fingerprint density at radius 1 is 0.434 bits per heavy atom. The van der Waals surface area contributed by atoms with Crippen LogP contribution in [0.2, 0.25) is 0 Å². The van der Waals surface area contributed by atoms with Gasteiger partial charge < -0.3 is 8.98 Å². The molecule has 10 aromatic rings. The number of nitrogens with zero attached hydrogens (tertiary/aromatic N) is 2. The summed E-state index contributed by atoms with van der Waals surface area (Å²) in [7, 11) is 0. The molecule has 0 saturated heterocycles. The monoisotopic (exact) mass is 676 g/mol. The summed E-state index contributed by atoms with van der Waals surface area (Å²) in [6.07, 6.45) is 0. The Balaban J connectivity index is 1.07. The Hall–Kier alpha value is -6.97. The minimum absolute atomic E-state index is 0.436. The molecule has 0 fully saturated rings. The second-order valence-corrected chi connectivity index (χ2v) is 13.9. The number of rotatable bonds is 5. The van der Waals surface area contributed by atoms with Crippen molar-refractivity contribution in [3.05, 3.63) is 216 Å². The molecule has 0 saturated carbocycles. The Labute approximate surface area is 307 Å². The van der Waals surface area contributed by atoms with Crippen molar-refractivity contribution in [1.82, 2.24) is 9.55 Å². The van der Waals surface area contributed by atoms with Crippen molar-refractivity contribution in [3.8, 4) is 39.4 Å². The number of hydrogen-bond donors (Lipinski definition) is 0. The second-order valence-electron chi connectivity index (χ2n) is 13.9. The number of fused-ring (bicyclic) bond motifs is 7. The molecule has 3 nitrogen and oxygen atoms in total. The first-order valence-corrected chi connectivity index (χ1v) is 18.1. The third kappa shape index (κ3) is 4.38. The van der Waals surface area contributed by atoms with E-state index in [1.165, 1.54) is 66.3 Å². The van der Waals surface area contributed by atoms with Crippen LogP contribution in [-0.2, 0) is 5.41 Å². The molecule has 0 aliphatic heterocycles. The molecule has 0 unspecified atom stereocenters. The maximum absolute atomic E-state index is 6.07. The number of benzene rings is 8. The van der Waals surface area contributed by atoms with Gasteiger partial charge in [-0.3, -0.25) is 0 Å². The average molecular weight is 677 g/mol. The standard InChI is InChI=1S/C50H32N2O/c1-3-13-36(14-4-1)50(37-15-5-2-6-16-37)43-19-9-7-17-39(43)40-29-25-35(32-44(40)50)34-26-30-47-42(31-34)41-18-8-11-21-46(41)52(47)38-27-23-33(24-28-38)49-51-45-20-10-12-22-48(45)53-49/h1-32H. The van der Waals surface area contributed by atoms with E-state index >= 15 is 0 Å². The highest BCUT2D eigenvalue weighted by Gasteiger charge is 2.46. The first-order valence-electron chi connectivity index (χ1n) is 18.1. The van der Waals surface area contributed by atoms with Crippen molar-refractivity contribution in [3.63, 3.8) is 0 Å². The summed E-state index contributed by atoms with van der Waals surface area (Å²) in [6, 6.07) is 70.1. The van der Waals surface area contributed by atoms with Gasteiger partial charge >= 0.3 is 0 Å². The third-order valence-corrected chi connectivity index (χ3v) is 11.1. The molecular formula is C50H32N2O. The first kappa shape index (κ1) is 29.7. The largest absolute Gasteiger partial charge is 0.436 e. The van der Waals surface area contributed by atoms with Crippen LogP contribution in [-0.4, -0.2) is 9.55 Å². The summed E-state index contributed by atoms with van der Waals surface area (Å²) in [5.74, 6) is 0.630. The van der Waals surface area contributed by atoms with E-state index in [2.05, 4.69) is 174 Å². The highest BCUT2D eigenvalue weighted by Crippen LogP contribution is 2.56. The molecule has 0 radical (unpaired) electrons. The molecule has 1 aliphatic carbocycles. The van der Waals surface area contributed by atoms with E-state index in [9.17, 15) is 0 Å².